The van der Waals surface area contributed by atoms with Gasteiger partial charge in [-0.1, -0.05) is 0 Å². The fraction of sp³-hybridized carbons (Fsp3) is 0.714. The lowest BCUT2D eigenvalue weighted by molar-refractivity contribution is -0.777. The zero-order valence-electron chi connectivity index (χ0n) is 8.44. The van der Waals surface area contributed by atoms with E-state index in [0.717, 1.165) is 6.92 Å². The monoisotopic (exact) mass is 273 g/mol. The average Bonchev–Trinajstić information content (AvgIpc) is 2.56. The third kappa shape index (κ3) is 3.25. The molecule has 1 aliphatic heterocycles. The van der Waals surface area contributed by atoms with Crippen LogP contribution in [0.2, 0.25) is 0 Å². The van der Waals surface area contributed by atoms with Crippen LogP contribution >= 0.6 is 12.0 Å². The van der Waals surface area contributed by atoms with Gasteiger partial charge in [-0.25, -0.2) is 9.59 Å². The highest BCUT2D eigenvalue weighted by atomic mass is 32.2. The van der Waals surface area contributed by atoms with Crippen molar-refractivity contribution in [3.63, 3.8) is 0 Å². The first-order valence-electron chi connectivity index (χ1n) is 4.24. The maximum absolute atomic E-state index is 12.9. The Morgan fingerprint density at radius 2 is 2.29 bits per heavy atom. The molecule has 0 radical (unpaired) electrons. The molecule has 1 fully saturated rings. The zero-order valence-corrected chi connectivity index (χ0v) is 9.25. The highest BCUT2D eigenvalue weighted by molar-refractivity contribution is 7.96. The van der Waals surface area contributed by atoms with Crippen molar-refractivity contribution in [2.24, 2.45) is 0 Å². The first-order valence-corrected chi connectivity index (χ1v) is 4.99. The number of hydrogen-bond donors (Lipinski definition) is 0. The molecular weight excluding hydrogens is 266 g/mol. The van der Waals surface area contributed by atoms with Gasteiger partial charge >= 0.3 is 17.2 Å². The molecule has 1 saturated heterocycles. The molecule has 10 heteroatoms. The Labute approximate surface area is 98.0 Å². The highest BCUT2D eigenvalue weighted by Gasteiger charge is 2.51. The van der Waals surface area contributed by atoms with Crippen molar-refractivity contribution in [2.45, 2.75) is 24.2 Å². The molecule has 1 unspecified atom stereocenters. The molecule has 0 amide bonds. The van der Waals surface area contributed by atoms with Crippen molar-refractivity contribution >= 4 is 24.0 Å². The molecule has 0 bridgehead atoms. The zero-order chi connectivity index (χ0) is 13.1. The van der Waals surface area contributed by atoms with Crippen LogP contribution in [0, 0.1) is 0 Å². The van der Waals surface area contributed by atoms with Crippen LogP contribution in [0.4, 0.5) is 8.78 Å². The van der Waals surface area contributed by atoms with Gasteiger partial charge in [-0.15, -0.1) is 0 Å². The molecule has 0 aromatic heterocycles. The van der Waals surface area contributed by atoms with E-state index in [-0.39, 0.29) is 13.0 Å². The van der Waals surface area contributed by atoms with Gasteiger partial charge in [0.2, 0.25) is 5.60 Å². The highest BCUT2D eigenvalue weighted by Crippen LogP contribution is 2.34. The number of halogens is 2. The van der Waals surface area contributed by atoms with Gasteiger partial charge in [0.25, 0.3) is 0 Å². The topological polar surface area (TPSA) is 94.1 Å². The number of esters is 2. The number of carbonyl (C=O) groups is 2. The second-order valence-electron chi connectivity index (χ2n) is 3.24. The van der Waals surface area contributed by atoms with Crippen molar-refractivity contribution < 1.29 is 42.5 Å². The Hall–Kier alpha value is -0.970. The predicted octanol–water partition coefficient (Wildman–Crippen LogP) is -0.300. The molecule has 0 aromatic rings. The van der Waals surface area contributed by atoms with E-state index >= 15 is 0 Å². The van der Waals surface area contributed by atoms with Crippen molar-refractivity contribution in [3.05, 3.63) is 0 Å². The molecule has 1 rings (SSSR count). The van der Waals surface area contributed by atoms with Crippen molar-refractivity contribution in [2.75, 3.05) is 6.61 Å². The van der Waals surface area contributed by atoms with Crippen molar-refractivity contribution in [3.8, 4) is 0 Å². The van der Waals surface area contributed by atoms with Crippen LogP contribution in [-0.4, -0.2) is 29.4 Å². The summed E-state index contributed by atoms with van der Waals surface area (Å²) in [6.45, 7) is 1.12. The van der Waals surface area contributed by atoms with Gasteiger partial charge < -0.3 is 14.7 Å². The fourth-order valence-electron chi connectivity index (χ4n) is 1.04. The van der Waals surface area contributed by atoms with Gasteiger partial charge in [0, 0.05) is 6.42 Å². The number of ether oxygens (including phenoxy) is 2. The molecule has 1 heterocycles. The molecule has 0 saturated carbocycles. The van der Waals surface area contributed by atoms with E-state index in [1.165, 1.54) is 0 Å². The van der Waals surface area contributed by atoms with E-state index in [2.05, 4.69) is 18.8 Å². The minimum absolute atomic E-state index is 0.0263. The number of hydrogen-bond acceptors (Lipinski definition) is 8. The molecule has 0 aliphatic carbocycles. The van der Waals surface area contributed by atoms with E-state index < -0.39 is 34.8 Å². The van der Waals surface area contributed by atoms with Gasteiger partial charge in [-0.2, -0.15) is 13.1 Å². The smallest absolute Gasteiger partial charge is 0.415 e. The minimum Gasteiger partial charge on any atom is -0.691 e. The maximum atomic E-state index is 12.9. The molecule has 0 aromatic carbocycles. The lowest BCUT2D eigenvalue weighted by Gasteiger charge is -2.22. The second-order valence-corrected chi connectivity index (χ2v) is 4.06. The maximum Gasteiger partial charge on any atom is 0.415 e. The van der Waals surface area contributed by atoms with Crippen LogP contribution in [0.25, 0.3) is 0 Å². The van der Waals surface area contributed by atoms with Crippen molar-refractivity contribution in [1.29, 1.82) is 0 Å². The second kappa shape index (κ2) is 5.12. The first kappa shape index (κ1) is 14.1. The average molecular weight is 273 g/mol. The van der Waals surface area contributed by atoms with Crippen LogP contribution in [0.15, 0.2) is 0 Å². The number of carbonyl (C=O) groups excluding carboxylic acids is 2. The van der Waals surface area contributed by atoms with Gasteiger partial charge in [0.15, 0.2) is 0 Å². The summed E-state index contributed by atoms with van der Waals surface area (Å²) < 4.78 is 38.1. The molecular formula is C7H7F2O7S-. The summed E-state index contributed by atoms with van der Waals surface area (Å²) in [4.78, 5) is 22.2. The summed E-state index contributed by atoms with van der Waals surface area (Å²) in [6, 6.07) is 0. The van der Waals surface area contributed by atoms with Gasteiger partial charge in [-0.3, -0.25) is 5.04 Å². The first-order chi connectivity index (χ1) is 7.82. The van der Waals surface area contributed by atoms with Gasteiger partial charge in [0.05, 0.1) is 6.61 Å². The summed E-state index contributed by atoms with van der Waals surface area (Å²) in [5.74, 6) is -2.94. The SMILES string of the molecule is CC1(OC(=O)C(F)(F)SOO[O-])CCOC1=O. The Bertz CT molecular complexity index is 323. The summed E-state index contributed by atoms with van der Waals surface area (Å²) in [6.07, 6.45) is -0.0305. The van der Waals surface area contributed by atoms with E-state index in [0.29, 0.717) is 0 Å². The van der Waals surface area contributed by atoms with E-state index in [1.54, 1.807) is 0 Å². The Morgan fingerprint density at radius 3 is 2.76 bits per heavy atom. The van der Waals surface area contributed by atoms with E-state index in [1.807, 2.05) is 0 Å². The van der Waals surface area contributed by atoms with Crippen LogP contribution in [0.5, 0.6) is 0 Å². The van der Waals surface area contributed by atoms with Gasteiger partial charge in [0.1, 0.15) is 12.0 Å². The van der Waals surface area contributed by atoms with Gasteiger partial charge in [-0.05, 0) is 6.92 Å². The summed E-state index contributed by atoms with van der Waals surface area (Å²) in [5, 5.41) is 7.86. The molecule has 17 heavy (non-hydrogen) atoms. The molecule has 0 N–H and O–H groups in total. The van der Waals surface area contributed by atoms with Crippen LogP contribution < -0.4 is 5.26 Å². The van der Waals surface area contributed by atoms with Crippen molar-refractivity contribution in [1.82, 2.24) is 0 Å². The molecule has 1 atom stereocenters. The Kier molecular flexibility index (Phi) is 4.25. The lowest BCUT2D eigenvalue weighted by atomic mass is 10.1. The Morgan fingerprint density at radius 1 is 1.65 bits per heavy atom. The standard InChI is InChI=1S/C7H8F2O7S/c1-6(2-3-13-4(6)10)14-5(11)7(8,9)17-16-15-12/h12H,2-3H2,1H3/p-1. The predicted molar refractivity (Wildman–Crippen MR) is 44.8 cm³/mol. The quantitative estimate of drug-likeness (QED) is 0.291. The normalized spacial score (nSPS) is 24.6. The minimum atomic E-state index is -4.17. The summed E-state index contributed by atoms with van der Waals surface area (Å²) in [5.41, 5.74) is -1.75. The number of alkyl halides is 2. The van der Waals surface area contributed by atoms with E-state index in [4.69, 9.17) is 0 Å². The molecule has 98 valence electrons. The van der Waals surface area contributed by atoms with Crippen LogP contribution in [0.1, 0.15) is 13.3 Å². The largest absolute Gasteiger partial charge is 0.691 e. The third-order valence-electron chi connectivity index (χ3n) is 1.97. The van der Waals surface area contributed by atoms with Crippen LogP contribution in [-0.2, 0) is 28.4 Å². The lowest BCUT2D eigenvalue weighted by Crippen LogP contribution is -2.41. The molecule has 0 spiro atoms. The molecule has 7 nitrogen and oxygen atoms in total. The summed E-state index contributed by atoms with van der Waals surface area (Å²) in [7, 11) is 0. The summed E-state index contributed by atoms with van der Waals surface area (Å²) >= 11 is -0.825. The number of rotatable bonds is 5. The van der Waals surface area contributed by atoms with E-state index in [9.17, 15) is 23.6 Å². The molecule has 1 aliphatic rings. The Balaban J connectivity index is 2.62. The fourth-order valence-corrected chi connectivity index (χ4v) is 1.26. The number of cyclic esters (lactones) is 1. The third-order valence-corrected chi connectivity index (χ3v) is 2.47. The van der Waals surface area contributed by atoms with Crippen LogP contribution in [0.3, 0.4) is 0 Å².